The maximum atomic E-state index is 10.9. The molecule has 0 aromatic rings. The van der Waals surface area contributed by atoms with E-state index in [0.29, 0.717) is 6.42 Å². The Hall–Kier alpha value is 0.240. The fourth-order valence-electron chi connectivity index (χ4n) is 1.71. The molecule has 0 fully saturated rings. The smallest absolute Gasteiger partial charge is 1.00 e. The van der Waals surface area contributed by atoms with Gasteiger partial charge >= 0.3 is 40.0 Å². The molecule has 0 unspecified atom stereocenters. The van der Waals surface area contributed by atoms with Gasteiger partial charge in [-0.2, -0.15) is 8.42 Å². The molecule has 0 bridgehead atoms. The maximum absolute atomic E-state index is 10.9. The van der Waals surface area contributed by atoms with Gasteiger partial charge in [0.25, 0.3) is 0 Å². The van der Waals surface area contributed by atoms with Crippen LogP contribution < -0.4 is 29.6 Å². The van der Waals surface area contributed by atoms with Gasteiger partial charge in [0.1, 0.15) is 0 Å². The molecule has 0 aromatic carbocycles. The van der Waals surface area contributed by atoms with E-state index in [1.54, 1.807) is 0 Å². The Morgan fingerprint density at radius 3 is 1.77 bits per heavy atom. The molecular weight excluding hydrogens is 319 g/mol. The van der Waals surface area contributed by atoms with Gasteiger partial charge in [-0.05, 0) is 12.5 Å². The second kappa shape index (κ2) is 19.3. The van der Waals surface area contributed by atoms with Crippen LogP contribution in [0.3, 0.4) is 0 Å². The summed E-state index contributed by atoms with van der Waals surface area (Å²) in [4.78, 5) is 10.9. The minimum atomic E-state index is -4.61. The molecule has 0 heterocycles. The van der Waals surface area contributed by atoms with E-state index in [1.807, 2.05) is 0 Å². The van der Waals surface area contributed by atoms with Crippen molar-refractivity contribution >= 4 is 16.2 Å². The predicted molar refractivity (Wildman–Crippen MR) is 83.4 cm³/mol. The van der Waals surface area contributed by atoms with Gasteiger partial charge in [0.2, 0.25) is 0 Å². The van der Waals surface area contributed by atoms with Crippen LogP contribution in [0.25, 0.3) is 0 Å². The summed E-state index contributed by atoms with van der Waals surface area (Å²) in [5.41, 5.74) is 0. The minimum absolute atomic E-state index is 0. The third kappa shape index (κ3) is 28.4. The van der Waals surface area contributed by atoms with Gasteiger partial charge < -0.3 is 1.43 Å². The quantitative estimate of drug-likeness (QED) is 0.137. The van der Waals surface area contributed by atoms with E-state index in [-0.39, 0.29) is 36.8 Å². The van der Waals surface area contributed by atoms with Crippen molar-refractivity contribution in [1.82, 2.24) is 0 Å². The number of unbranched alkanes of at least 4 members (excludes halogenated alkanes) is 8. The fraction of sp³-hybridized carbons (Fsp3) is 0.786. The van der Waals surface area contributed by atoms with Gasteiger partial charge in [-0.15, -0.1) is 0 Å². The summed E-state index contributed by atoms with van der Waals surface area (Å²) < 4.78 is 28.0. The molecule has 6 nitrogen and oxygen atoms in total. The molecule has 0 radical (unpaired) electrons. The monoisotopic (exact) mass is 348 g/mol. The Kier molecular flexibility index (Phi) is 23.8. The van der Waals surface area contributed by atoms with Crippen molar-refractivity contribution in [2.75, 3.05) is 0 Å². The first-order valence-electron chi connectivity index (χ1n) is 7.33. The molecule has 0 aliphatic rings. The molecule has 0 amide bonds. The minimum Gasteiger partial charge on any atom is -1.00 e. The number of allylic oxidation sites excluding steroid dienone is 1. The topological polar surface area (TPSA) is 101 Å². The van der Waals surface area contributed by atoms with Crippen LogP contribution in [0.5, 0.6) is 0 Å². The zero-order valence-corrected chi connectivity index (χ0v) is 16.6. The molecule has 0 atom stereocenters. The summed E-state index contributed by atoms with van der Waals surface area (Å²) in [5.74, 6) is 0.193. The van der Waals surface area contributed by atoms with E-state index in [9.17, 15) is 4.79 Å². The molecule has 0 aromatic heterocycles. The van der Waals surface area contributed by atoms with Crippen LogP contribution in [0.15, 0.2) is 12.7 Å². The largest absolute Gasteiger partial charge is 1.00 e. The van der Waals surface area contributed by atoms with Gasteiger partial charge in [-0.25, -0.2) is 5.26 Å². The third-order valence-corrected chi connectivity index (χ3v) is 3.04. The third-order valence-electron chi connectivity index (χ3n) is 2.85. The van der Waals surface area contributed by atoms with Gasteiger partial charge in [0.05, 0.1) is 0 Å². The molecule has 128 valence electrons. The van der Waals surface area contributed by atoms with E-state index >= 15 is 0 Å². The van der Waals surface area contributed by atoms with E-state index in [0.717, 1.165) is 6.42 Å². The van der Waals surface area contributed by atoms with Crippen molar-refractivity contribution < 1.29 is 58.3 Å². The first kappa shape index (κ1) is 27.1. The molecular formula is C14H29NaO6S. The summed E-state index contributed by atoms with van der Waals surface area (Å²) in [6.07, 6.45) is 13.9. The summed E-state index contributed by atoms with van der Waals surface area (Å²) in [6.45, 7) is 5.71. The molecule has 0 saturated heterocycles. The zero-order valence-electron chi connectivity index (χ0n) is 14.8. The van der Waals surface area contributed by atoms with Crippen LogP contribution in [-0.4, -0.2) is 24.0 Å². The van der Waals surface area contributed by atoms with Crippen LogP contribution >= 0.6 is 0 Å². The molecule has 0 rings (SSSR count). The number of hydrogen-bond acceptors (Lipinski definition) is 5. The standard InChI is InChI=1S/C14H26O.Na.H2O5S.H/c1-3-5-6-7-8-9-10-11-12-13-14(15)4-2;;1-5-6(2,3)4;/h4H,2-3,5-13H2,1H3;;1H,(H,2,3,4);/q;+1;;-1. The molecule has 8 heteroatoms. The van der Waals surface area contributed by atoms with E-state index in [1.165, 1.54) is 57.4 Å². The molecule has 0 aliphatic carbocycles. The maximum Gasteiger partial charge on any atom is 1.00 e. The SMILES string of the molecule is C=CC(=O)CCCCCCCCCCC.O=S(=O)(O)OO.[H-].[Na+]. The van der Waals surface area contributed by atoms with Crippen molar-refractivity contribution in [1.29, 1.82) is 0 Å². The zero-order chi connectivity index (χ0) is 16.6. The van der Waals surface area contributed by atoms with Crippen molar-refractivity contribution in [3.63, 3.8) is 0 Å². The van der Waals surface area contributed by atoms with Gasteiger partial charge in [0.15, 0.2) is 5.78 Å². The molecule has 22 heavy (non-hydrogen) atoms. The van der Waals surface area contributed by atoms with Gasteiger partial charge in [-0.1, -0.05) is 69.2 Å². The average Bonchev–Trinajstić information content (AvgIpc) is 2.45. The number of carbonyl (C=O) groups is 1. The van der Waals surface area contributed by atoms with E-state index < -0.39 is 10.4 Å². The van der Waals surface area contributed by atoms with Crippen LogP contribution in [-0.2, 0) is 19.5 Å². The summed E-state index contributed by atoms with van der Waals surface area (Å²) in [6, 6.07) is 0. The Balaban J connectivity index is -0.000000194. The van der Waals surface area contributed by atoms with Crippen molar-refractivity contribution in [3.05, 3.63) is 12.7 Å². The fourth-order valence-corrected chi connectivity index (χ4v) is 1.71. The molecule has 2 N–H and O–H groups in total. The van der Waals surface area contributed by atoms with Crippen LogP contribution in [0.1, 0.15) is 72.6 Å². The van der Waals surface area contributed by atoms with Crippen LogP contribution in [0.4, 0.5) is 0 Å². The summed E-state index contributed by atoms with van der Waals surface area (Å²) >= 11 is 0. The normalized spacial score (nSPS) is 10.1. The van der Waals surface area contributed by atoms with Crippen molar-refractivity contribution in [2.24, 2.45) is 0 Å². The predicted octanol–water partition coefficient (Wildman–Crippen LogP) is 1.06. The van der Waals surface area contributed by atoms with Gasteiger partial charge in [0, 0.05) is 6.42 Å². The summed E-state index contributed by atoms with van der Waals surface area (Å²) in [5, 5.41) is 7.06. The first-order valence-corrected chi connectivity index (χ1v) is 8.69. The molecule has 0 aliphatic heterocycles. The first-order chi connectivity index (χ1) is 9.87. The Morgan fingerprint density at radius 2 is 1.45 bits per heavy atom. The number of carbonyl (C=O) groups excluding carboxylic acids is 1. The Labute approximate surface area is 158 Å². The van der Waals surface area contributed by atoms with E-state index in [2.05, 4.69) is 17.8 Å². The second-order valence-corrected chi connectivity index (χ2v) is 5.76. The second-order valence-electron chi connectivity index (χ2n) is 4.75. The average molecular weight is 348 g/mol. The Morgan fingerprint density at radius 1 is 1.09 bits per heavy atom. The Bertz CT molecular complexity index is 362. The number of rotatable bonds is 12. The number of hydrogen-bond donors (Lipinski definition) is 2. The van der Waals surface area contributed by atoms with Gasteiger partial charge in [-0.3, -0.25) is 9.35 Å². The van der Waals surface area contributed by atoms with Crippen LogP contribution in [0, 0.1) is 0 Å². The summed E-state index contributed by atoms with van der Waals surface area (Å²) in [7, 11) is -4.61. The molecule has 0 saturated carbocycles. The van der Waals surface area contributed by atoms with Crippen LogP contribution in [0.2, 0.25) is 0 Å². The van der Waals surface area contributed by atoms with Crippen molar-refractivity contribution in [2.45, 2.75) is 71.1 Å². The number of ketones is 1. The molecule has 0 spiro atoms. The van der Waals surface area contributed by atoms with E-state index in [4.69, 9.17) is 18.2 Å². The van der Waals surface area contributed by atoms with Crippen molar-refractivity contribution in [3.8, 4) is 0 Å².